The van der Waals surface area contributed by atoms with E-state index in [1.807, 2.05) is 17.5 Å². The summed E-state index contributed by atoms with van der Waals surface area (Å²) >= 11 is 2.48. The van der Waals surface area contributed by atoms with Crippen LogP contribution in [0, 0.1) is 0 Å². The Morgan fingerprint density at radius 1 is 1.19 bits per heavy atom. The van der Waals surface area contributed by atoms with Crippen LogP contribution >= 0.6 is 23.1 Å². The maximum absolute atomic E-state index is 12.1. The monoisotopic (exact) mass is 404 g/mol. The minimum atomic E-state index is -0.578. The Bertz CT molecular complexity index is 955. The molecule has 0 fully saturated rings. The summed E-state index contributed by atoms with van der Waals surface area (Å²) in [5, 5.41) is 7.23. The molecule has 0 spiro atoms. The number of benzene rings is 1. The van der Waals surface area contributed by atoms with Crippen molar-refractivity contribution in [3.05, 3.63) is 40.6 Å². The highest BCUT2D eigenvalue weighted by atomic mass is 32.1. The second-order valence-electron chi connectivity index (χ2n) is 5.62. The third-order valence-corrected chi connectivity index (χ3v) is 5.09. The summed E-state index contributed by atoms with van der Waals surface area (Å²) in [5.41, 5.74) is 1.78. The van der Waals surface area contributed by atoms with E-state index in [1.165, 1.54) is 18.3 Å². The Labute approximate surface area is 162 Å². The fourth-order valence-electron chi connectivity index (χ4n) is 2.42. The minimum Gasteiger partial charge on any atom is -0.455 e. The van der Waals surface area contributed by atoms with Gasteiger partial charge < -0.3 is 15.4 Å². The lowest BCUT2D eigenvalue weighted by atomic mass is 10.1. The second kappa shape index (κ2) is 8.69. The summed E-state index contributed by atoms with van der Waals surface area (Å²) in [7, 11) is 0. The lowest BCUT2D eigenvalue weighted by molar-refractivity contribution is -0.147. The fourth-order valence-corrected chi connectivity index (χ4v) is 3.75. The van der Waals surface area contributed by atoms with E-state index in [0.29, 0.717) is 16.7 Å². The van der Waals surface area contributed by atoms with Gasteiger partial charge in [0.2, 0.25) is 5.91 Å². The van der Waals surface area contributed by atoms with Crippen molar-refractivity contribution in [3.63, 3.8) is 0 Å². The quantitative estimate of drug-likeness (QED) is 0.586. The summed E-state index contributed by atoms with van der Waals surface area (Å²) in [4.78, 5) is 36.4. The third-order valence-electron chi connectivity index (χ3n) is 3.56. The van der Waals surface area contributed by atoms with E-state index in [0.717, 1.165) is 16.6 Å². The van der Waals surface area contributed by atoms with Crippen LogP contribution in [0.15, 0.2) is 35.7 Å². The molecule has 2 N–H and O–H groups in total. The standard InChI is InChI=1S/C17H16N4O4S2/c1-10(22)18-13(14-6-3-7-26-14)8-16(24)25-9-15(23)19-11-4-2-5-12-17(11)21-27-20-12/h2-7,13H,8-9H2,1H3,(H,18,22)(H,19,23). The third kappa shape index (κ3) is 5.08. The Balaban J connectivity index is 1.54. The number of carbonyl (C=O) groups excluding carboxylic acids is 3. The number of hydrogen-bond acceptors (Lipinski definition) is 8. The van der Waals surface area contributed by atoms with Crippen molar-refractivity contribution in [2.75, 3.05) is 11.9 Å². The number of rotatable bonds is 7. The van der Waals surface area contributed by atoms with Crippen molar-refractivity contribution in [2.45, 2.75) is 19.4 Å². The Morgan fingerprint density at radius 3 is 2.78 bits per heavy atom. The highest BCUT2D eigenvalue weighted by Crippen LogP contribution is 2.23. The topological polar surface area (TPSA) is 110 Å². The number of nitrogens with zero attached hydrogens (tertiary/aromatic N) is 2. The predicted octanol–water partition coefficient (Wildman–Crippen LogP) is 2.50. The maximum Gasteiger partial charge on any atom is 0.308 e. The SMILES string of the molecule is CC(=O)NC(CC(=O)OCC(=O)Nc1cccc2nsnc12)c1cccs1. The van der Waals surface area contributed by atoms with Crippen LogP contribution in [0.1, 0.15) is 24.3 Å². The molecule has 2 heterocycles. The normalized spacial score (nSPS) is 11.7. The zero-order valence-corrected chi connectivity index (χ0v) is 15.9. The number of anilines is 1. The molecule has 0 bridgehead atoms. The van der Waals surface area contributed by atoms with E-state index in [9.17, 15) is 14.4 Å². The molecule has 140 valence electrons. The molecule has 0 aliphatic rings. The van der Waals surface area contributed by atoms with Crippen molar-refractivity contribution in [1.82, 2.24) is 14.1 Å². The first-order valence-electron chi connectivity index (χ1n) is 8.00. The Kier molecular flexibility index (Phi) is 6.09. The lowest BCUT2D eigenvalue weighted by Crippen LogP contribution is -2.29. The van der Waals surface area contributed by atoms with Crippen LogP contribution in [-0.2, 0) is 19.1 Å². The molecule has 1 atom stereocenters. The molecule has 2 aromatic heterocycles. The van der Waals surface area contributed by atoms with E-state index < -0.39 is 24.5 Å². The van der Waals surface area contributed by atoms with Gasteiger partial charge in [-0.3, -0.25) is 14.4 Å². The molecule has 0 aliphatic heterocycles. The number of fused-ring (bicyclic) bond motifs is 1. The van der Waals surface area contributed by atoms with Gasteiger partial charge in [0, 0.05) is 11.8 Å². The van der Waals surface area contributed by atoms with Crippen molar-refractivity contribution in [3.8, 4) is 0 Å². The van der Waals surface area contributed by atoms with Crippen LogP contribution in [-0.4, -0.2) is 33.1 Å². The van der Waals surface area contributed by atoms with Gasteiger partial charge in [0.1, 0.15) is 11.0 Å². The molecule has 0 saturated heterocycles. The largest absolute Gasteiger partial charge is 0.455 e. The van der Waals surface area contributed by atoms with Gasteiger partial charge in [-0.2, -0.15) is 8.75 Å². The van der Waals surface area contributed by atoms with Crippen LogP contribution in [0.3, 0.4) is 0 Å². The van der Waals surface area contributed by atoms with Crippen molar-refractivity contribution in [1.29, 1.82) is 0 Å². The first-order valence-corrected chi connectivity index (χ1v) is 9.61. The molecular weight excluding hydrogens is 388 g/mol. The first kappa shape index (κ1) is 18.9. The minimum absolute atomic E-state index is 0.0566. The summed E-state index contributed by atoms with van der Waals surface area (Å²) in [6.45, 7) is 0.956. The molecule has 0 aliphatic carbocycles. The van der Waals surface area contributed by atoms with Crippen molar-refractivity contribution < 1.29 is 19.1 Å². The molecule has 0 saturated carbocycles. The van der Waals surface area contributed by atoms with Gasteiger partial charge in [0.25, 0.3) is 5.91 Å². The van der Waals surface area contributed by atoms with Crippen LogP contribution in [0.4, 0.5) is 5.69 Å². The van der Waals surface area contributed by atoms with Gasteiger partial charge in [0.05, 0.1) is 29.9 Å². The lowest BCUT2D eigenvalue weighted by Gasteiger charge is -2.15. The number of nitrogens with one attached hydrogen (secondary N) is 2. The van der Waals surface area contributed by atoms with E-state index in [1.54, 1.807) is 18.2 Å². The smallest absolute Gasteiger partial charge is 0.308 e. The molecule has 2 amide bonds. The van der Waals surface area contributed by atoms with Gasteiger partial charge in [-0.15, -0.1) is 11.3 Å². The molecule has 3 aromatic rings. The van der Waals surface area contributed by atoms with Gasteiger partial charge in [-0.1, -0.05) is 12.1 Å². The van der Waals surface area contributed by atoms with E-state index in [4.69, 9.17) is 4.74 Å². The molecule has 27 heavy (non-hydrogen) atoms. The number of ether oxygens (including phenoxy) is 1. The number of esters is 1. The zero-order chi connectivity index (χ0) is 19.2. The summed E-state index contributed by atoms with van der Waals surface area (Å²) in [5.74, 6) is -1.30. The summed E-state index contributed by atoms with van der Waals surface area (Å²) in [6.07, 6.45) is -0.0566. The average Bonchev–Trinajstić information content (AvgIpc) is 3.31. The molecule has 8 nitrogen and oxygen atoms in total. The highest BCUT2D eigenvalue weighted by Gasteiger charge is 2.20. The van der Waals surface area contributed by atoms with E-state index in [2.05, 4.69) is 19.4 Å². The number of amides is 2. The molecule has 1 aromatic carbocycles. The predicted molar refractivity (Wildman–Crippen MR) is 102 cm³/mol. The maximum atomic E-state index is 12.1. The second-order valence-corrected chi connectivity index (χ2v) is 7.13. The fraction of sp³-hybridized carbons (Fsp3) is 0.235. The average molecular weight is 404 g/mol. The van der Waals surface area contributed by atoms with Crippen molar-refractivity contribution >= 4 is 57.6 Å². The van der Waals surface area contributed by atoms with Crippen LogP contribution in [0.25, 0.3) is 11.0 Å². The molecular formula is C17H16N4O4S2. The van der Waals surface area contributed by atoms with Crippen LogP contribution < -0.4 is 10.6 Å². The van der Waals surface area contributed by atoms with Gasteiger partial charge >= 0.3 is 5.97 Å². The van der Waals surface area contributed by atoms with E-state index >= 15 is 0 Å². The molecule has 1 unspecified atom stereocenters. The molecule has 3 rings (SSSR count). The number of hydrogen-bond donors (Lipinski definition) is 2. The number of carbonyl (C=O) groups is 3. The Hall–Kier alpha value is -2.85. The number of aromatic nitrogens is 2. The van der Waals surface area contributed by atoms with Crippen molar-refractivity contribution in [2.24, 2.45) is 0 Å². The van der Waals surface area contributed by atoms with Gasteiger partial charge in [-0.05, 0) is 23.6 Å². The van der Waals surface area contributed by atoms with Crippen LogP contribution in [0.2, 0.25) is 0 Å². The molecule has 10 heteroatoms. The number of thiophene rings is 1. The first-order chi connectivity index (χ1) is 13.0. The zero-order valence-electron chi connectivity index (χ0n) is 14.3. The Morgan fingerprint density at radius 2 is 2.04 bits per heavy atom. The van der Waals surface area contributed by atoms with E-state index in [-0.39, 0.29) is 12.3 Å². The molecule has 0 radical (unpaired) electrons. The summed E-state index contributed by atoms with van der Waals surface area (Å²) in [6, 6.07) is 8.43. The van der Waals surface area contributed by atoms with Gasteiger partial charge in [0.15, 0.2) is 6.61 Å². The summed E-state index contributed by atoms with van der Waals surface area (Å²) < 4.78 is 13.3. The van der Waals surface area contributed by atoms with Crippen LogP contribution in [0.5, 0.6) is 0 Å². The van der Waals surface area contributed by atoms with Gasteiger partial charge in [-0.25, -0.2) is 0 Å². The highest BCUT2D eigenvalue weighted by molar-refractivity contribution is 7.10.